The van der Waals surface area contributed by atoms with Gasteiger partial charge in [0.05, 0.1) is 0 Å². The first kappa shape index (κ1) is 27.0. The molecular formula is C22H23B5ClF2N3O4. The van der Waals surface area contributed by atoms with E-state index in [1.54, 1.807) is 51.4 Å². The number of fused-ring (bicyclic) bond motifs is 1. The predicted octanol–water partition coefficient (Wildman–Crippen LogP) is -3.48. The summed E-state index contributed by atoms with van der Waals surface area (Å²) >= 11 is 5.79. The van der Waals surface area contributed by atoms with Crippen LogP contribution in [0.2, 0.25) is 5.02 Å². The normalized spacial score (nSPS) is 19.4. The lowest BCUT2D eigenvalue weighted by Crippen LogP contribution is -2.59. The van der Waals surface area contributed by atoms with Crippen molar-refractivity contribution < 1.29 is 28.0 Å². The van der Waals surface area contributed by atoms with E-state index >= 15 is 0 Å². The Morgan fingerprint density at radius 2 is 1.73 bits per heavy atom. The highest BCUT2D eigenvalue weighted by Gasteiger charge is 2.50. The van der Waals surface area contributed by atoms with Crippen molar-refractivity contribution in [3.8, 4) is 0 Å². The number of nitrogens with one attached hydrogen (secondary N) is 2. The Labute approximate surface area is 222 Å². The summed E-state index contributed by atoms with van der Waals surface area (Å²) in [7, 11) is 8.52. The quantitative estimate of drug-likeness (QED) is 0.316. The van der Waals surface area contributed by atoms with Gasteiger partial charge in [0, 0.05) is 33.2 Å². The first-order chi connectivity index (χ1) is 17.1. The lowest BCUT2D eigenvalue weighted by molar-refractivity contribution is -0.147. The van der Waals surface area contributed by atoms with Gasteiger partial charge in [-0.2, -0.15) is 8.78 Å². The summed E-state index contributed by atoms with van der Waals surface area (Å²) < 4.78 is 29.9. The van der Waals surface area contributed by atoms with Crippen molar-refractivity contribution in [1.29, 1.82) is 0 Å². The fourth-order valence-corrected chi connectivity index (χ4v) is 5.23. The first-order valence-corrected chi connectivity index (χ1v) is 12.2. The van der Waals surface area contributed by atoms with Gasteiger partial charge in [-0.3, -0.25) is 24.5 Å². The van der Waals surface area contributed by atoms with Gasteiger partial charge in [-0.05, 0) is 29.7 Å². The fourth-order valence-electron chi connectivity index (χ4n) is 5.10. The van der Waals surface area contributed by atoms with Crippen molar-refractivity contribution in [3.05, 3.63) is 63.7 Å². The molecule has 186 valence electrons. The Morgan fingerprint density at radius 1 is 1.11 bits per heavy atom. The number of halogens is 3. The monoisotopic (exact) mass is 521 g/mol. The summed E-state index contributed by atoms with van der Waals surface area (Å²) in [5, 5.41) is 2.86. The zero-order valence-electron chi connectivity index (χ0n) is 21.2. The molecule has 2 aromatic carbocycles. The van der Waals surface area contributed by atoms with E-state index in [-0.39, 0.29) is 29.7 Å². The number of imide groups is 1. The Hall–Kier alpha value is -3.01. The summed E-state index contributed by atoms with van der Waals surface area (Å²) in [6, 6.07) is 7.37. The second kappa shape index (κ2) is 9.08. The predicted molar refractivity (Wildman–Crippen MR) is 148 cm³/mol. The Bertz CT molecular complexity index is 1340. The van der Waals surface area contributed by atoms with E-state index in [0.717, 1.165) is 12.1 Å². The number of amides is 4. The summed E-state index contributed by atoms with van der Waals surface area (Å²) in [5.74, 6) is -6.52. The zero-order chi connectivity index (χ0) is 27.5. The highest BCUT2D eigenvalue weighted by molar-refractivity contribution is 6.46. The van der Waals surface area contributed by atoms with E-state index < -0.39 is 40.0 Å². The molecule has 4 amide bonds. The summed E-state index contributed by atoms with van der Waals surface area (Å²) in [6.45, 7) is 0. The largest absolute Gasteiger partial charge is 0.357 e. The molecule has 7 nitrogen and oxygen atoms in total. The standard InChI is InChI=1S/C22H23B5ClF2N3O4/c23-13-8-10(21(24,25)32-19(37)20(29,30)9-1-3-11(28)4-2-9)7-12-16(13)18(36)33(22(12,26)27)14-5-6-15(34)31-17(14)35/h1-4,7-8,14H,5-6,23-27H2,(H,32,37)(H,31,34,35). The van der Waals surface area contributed by atoms with Crippen molar-refractivity contribution in [3.63, 3.8) is 0 Å². The van der Waals surface area contributed by atoms with Gasteiger partial charge in [-0.15, -0.1) is 0 Å². The van der Waals surface area contributed by atoms with Gasteiger partial charge in [0.15, 0.2) is 0 Å². The minimum atomic E-state index is -3.80. The van der Waals surface area contributed by atoms with E-state index in [1.807, 2.05) is 0 Å². The highest BCUT2D eigenvalue weighted by atomic mass is 35.5. The lowest BCUT2D eigenvalue weighted by Gasteiger charge is -2.40. The third-order valence-corrected chi connectivity index (χ3v) is 7.44. The molecular weight excluding hydrogens is 498 g/mol. The molecule has 0 radical (unpaired) electrons. The Morgan fingerprint density at radius 3 is 2.32 bits per heavy atom. The van der Waals surface area contributed by atoms with Crippen molar-refractivity contribution in [2.24, 2.45) is 0 Å². The average Bonchev–Trinajstić information content (AvgIpc) is 2.99. The number of piperidine rings is 1. The van der Waals surface area contributed by atoms with Crippen LogP contribution in [-0.2, 0) is 31.0 Å². The number of benzene rings is 2. The lowest BCUT2D eigenvalue weighted by atomic mass is 9.54. The van der Waals surface area contributed by atoms with Crippen molar-refractivity contribution >= 4 is 79.9 Å². The van der Waals surface area contributed by atoms with Gasteiger partial charge in [0.25, 0.3) is 11.8 Å². The molecule has 0 aromatic heterocycles. The van der Waals surface area contributed by atoms with Crippen LogP contribution >= 0.6 is 11.6 Å². The topological polar surface area (TPSA) is 95.6 Å². The SMILES string of the molecule is Bc1cc(C(B)(B)NC(=O)C(F)(F)c2ccc(Cl)cc2)cc2c1C(=O)N(C1CCC(=O)NC1=O)C2(B)B. The van der Waals surface area contributed by atoms with Crippen LogP contribution in [0.15, 0.2) is 36.4 Å². The van der Waals surface area contributed by atoms with Gasteiger partial charge in [0.1, 0.15) is 45.3 Å². The summed E-state index contributed by atoms with van der Waals surface area (Å²) in [5.41, 5.74) is 1.67. The molecule has 37 heavy (non-hydrogen) atoms. The van der Waals surface area contributed by atoms with Gasteiger partial charge in [0.2, 0.25) is 11.8 Å². The maximum absolute atomic E-state index is 15.0. The molecule has 2 aromatic rings. The summed E-state index contributed by atoms with van der Waals surface area (Å²) in [6.07, 6.45) is 0.332. The number of nitrogens with zero attached hydrogens (tertiary/aromatic N) is 1. The van der Waals surface area contributed by atoms with Gasteiger partial charge >= 0.3 is 5.92 Å². The molecule has 1 atom stereocenters. The molecule has 0 spiro atoms. The fraction of sp³-hybridized carbons (Fsp3) is 0.273. The number of carbonyl (C=O) groups is 4. The number of alkyl halides is 2. The smallest absolute Gasteiger partial charge is 0.349 e. The van der Waals surface area contributed by atoms with Gasteiger partial charge < -0.3 is 10.2 Å². The van der Waals surface area contributed by atoms with E-state index in [1.165, 1.54) is 17.0 Å². The van der Waals surface area contributed by atoms with E-state index in [2.05, 4.69) is 10.6 Å². The second-order valence-corrected chi connectivity index (χ2v) is 11.0. The van der Waals surface area contributed by atoms with Gasteiger partial charge in [-0.25, -0.2) is 0 Å². The van der Waals surface area contributed by atoms with Crippen LogP contribution in [0.4, 0.5) is 8.78 Å². The second-order valence-electron chi connectivity index (χ2n) is 10.6. The maximum Gasteiger partial charge on any atom is 0.349 e. The molecule has 2 N–H and O–H groups in total. The number of hydrogen-bond acceptors (Lipinski definition) is 4. The molecule has 1 fully saturated rings. The molecule has 0 bridgehead atoms. The maximum atomic E-state index is 15.0. The van der Waals surface area contributed by atoms with E-state index in [9.17, 15) is 28.0 Å². The molecule has 2 aliphatic rings. The van der Waals surface area contributed by atoms with Crippen LogP contribution < -0.4 is 16.1 Å². The van der Waals surface area contributed by atoms with E-state index in [4.69, 9.17) is 11.6 Å². The Kier molecular flexibility index (Phi) is 6.63. The molecule has 1 unspecified atom stereocenters. The molecule has 2 heterocycles. The number of carbonyl (C=O) groups excluding carboxylic acids is 4. The van der Waals surface area contributed by atoms with Crippen LogP contribution in [0.25, 0.3) is 0 Å². The van der Waals surface area contributed by atoms with Crippen LogP contribution in [0.5, 0.6) is 0 Å². The first-order valence-electron chi connectivity index (χ1n) is 11.9. The van der Waals surface area contributed by atoms with Crippen LogP contribution in [-0.4, -0.2) is 73.8 Å². The minimum absolute atomic E-state index is 0.123. The molecule has 4 rings (SSSR count). The zero-order valence-corrected chi connectivity index (χ0v) is 21.9. The third-order valence-electron chi connectivity index (χ3n) is 7.19. The van der Waals surface area contributed by atoms with Crippen LogP contribution in [0.1, 0.15) is 39.9 Å². The molecule has 0 saturated carbocycles. The van der Waals surface area contributed by atoms with Crippen molar-refractivity contribution in [2.45, 2.75) is 35.5 Å². The van der Waals surface area contributed by atoms with Gasteiger partial charge in [-0.1, -0.05) is 41.3 Å². The third kappa shape index (κ3) is 4.60. The summed E-state index contributed by atoms with van der Waals surface area (Å²) in [4.78, 5) is 51.9. The average molecular weight is 521 g/mol. The Balaban J connectivity index is 1.67. The van der Waals surface area contributed by atoms with Crippen molar-refractivity contribution in [1.82, 2.24) is 15.5 Å². The molecule has 15 heteroatoms. The molecule has 0 aliphatic carbocycles. The highest BCUT2D eigenvalue weighted by Crippen LogP contribution is 2.38. The molecule has 2 aliphatic heterocycles. The number of rotatable bonds is 5. The van der Waals surface area contributed by atoms with E-state index in [0.29, 0.717) is 22.2 Å². The van der Waals surface area contributed by atoms with Crippen LogP contribution in [0, 0.1) is 0 Å². The van der Waals surface area contributed by atoms with Crippen molar-refractivity contribution in [2.75, 3.05) is 0 Å². The number of hydrogen-bond donors (Lipinski definition) is 2. The molecule has 1 saturated heterocycles. The minimum Gasteiger partial charge on any atom is -0.357 e. The van der Waals surface area contributed by atoms with Crippen LogP contribution in [0.3, 0.4) is 0 Å².